The van der Waals surface area contributed by atoms with E-state index in [9.17, 15) is 4.79 Å². The van der Waals surface area contributed by atoms with Gasteiger partial charge in [-0.15, -0.1) is 0 Å². The highest BCUT2D eigenvalue weighted by Gasteiger charge is 2.18. The maximum Gasteiger partial charge on any atom is 0.339 e. The summed E-state index contributed by atoms with van der Waals surface area (Å²) in [6, 6.07) is 16.2. The van der Waals surface area contributed by atoms with Gasteiger partial charge in [0, 0.05) is 0 Å². The molecule has 2 nitrogen and oxygen atoms in total. The van der Waals surface area contributed by atoms with E-state index in [1.54, 1.807) is 0 Å². The Labute approximate surface area is 157 Å². The third-order valence-corrected chi connectivity index (χ3v) is 4.35. The van der Waals surface area contributed by atoms with Crippen LogP contribution in [0.3, 0.4) is 0 Å². The van der Waals surface area contributed by atoms with Crippen LogP contribution in [0, 0.1) is 6.92 Å². The highest BCUT2D eigenvalue weighted by molar-refractivity contribution is 5.98. The number of hydrogen-bond donors (Lipinski definition) is 0. The predicted molar refractivity (Wildman–Crippen MR) is 110 cm³/mol. The number of ether oxygens (including phenoxy) is 1. The second-order valence-electron chi connectivity index (χ2n) is 6.99. The van der Waals surface area contributed by atoms with Crippen molar-refractivity contribution in [1.82, 2.24) is 0 Å². The fourth-order valence-electron chi connectivity index (χ4n) is 3.13. The Morgan fingerprint density at radius 1 is 1.04 bits per heavy atom. The molecule has 0 unspecified atom stereocenters. The molecule has 0 radical (unpaired) electrons. The fourth-order valence-corrected chi connectivity index (χ4v) is 3.13. The van der Waals surface area contributed by atoms with Gasteiger partial charge < -0.3 is 4.74 Å². The number of esters is 1. The Morgan fingerprint density at radius 3 is 2.42 bits per heavy atom. The van der Waals surface area contributed by atoms with Crippen molar-refractivity contribution in [2.24, 2.45) is 0 Å². The summed E-state index contributed by atoms with van der Waals surface area (Å²) >= 11 is 0. The lowest BCUT2D eigenvalue weighted by atomic mass is 9.90. The molecular formula is C24H30O2. The number of hydrogen-bond acceptors (Lipinski definition) is 2. The van der Waals surface area contributed by atoms with E-state index in [1.165, 1.54) is 18.4 Å². The summed E-state index contributed by atoms with van der Waals surface area (Å²) in [6.07, 6.45) is 6.51. The van der Waals surface area contributed by atoms with Crippen molar-refractivity contribution < 1.29 is 9.53 Å². The Hall–Kier alpha value is -2.35. The molecule has 0 saturated carbocycles. The van der Waals surface area contributed by atoms with Crippen molar-refractivity contribution in [1.29, 1.82) is 0 Å². The predicted octanol–water partition coefficient (Wildman–Crippen LogP) is 6.68. The number of unbranched alkanes of at least 4 members (excludes halogenated alkanes) is 2. The number of carbonyl (C=O) groups excluding carboxylic acids is 1. The highest BCUT2D eigenvalue weighted by atomic mass is 16.5. The van der Waals surface area contributed by atoms with Crippen LogP contribution in [-0.2, 0) is 4.74 Å². The molecular weight excluding hydrogens is 320 g/mol. The quantitative estimate of drug-likeness (QED) is 0.301. The van der Waals surface area contributed by atoms with Crippen molar-refractivity contribution in [3.05, 3.63) is 70.8 Å². The fraction of sp³-hybridized carbons (Fsp3) is 0.375. The normalized spacial score (nSPS) is 11.7. The molecule has 0 amide bonds. The molecule has 0 spiro atoms. The van der Waals surface area contributed by atoms with Gasteiger partial charge in [0.1, 0.15) is 0 Å². The largest absolute Gasteiger partial charge is 0.459 e. The Kier molecular flexibility index (Phi) is 7.65. The van der Waals surface area contributed by atoms with Gasteiger partial charge in [0.25, 0.3) is 0 Å². The summed E-state index contributed by atoms with van der Waals surface area (Å²) in [5.74, 6) is -0.242. The maximum absolute atomic E-state index is 12.7. The first-order valence-electron chi connectivity index (χ1n) is 9.59. The lowest BCUT2D eigenvalue weighted by molar-refractivity contribution is 0.0377. The summed E-state index contributed by atoms with van der Waals surface area (Å²) in [4.78, 5) is 12.7. The van der Waals surface area contributed by atoms with Crippen LogP contribution >= 0.6 is 0 Å². The topological polar surface area (TPSA) is 26.3 Å². The van der Waals surface area contributed by atoms with E-state index in [-0.39, 0.29) is 12.1 Å². The van der Waals surface area contributed by atoms with E-state index in [0.29, 0.717) is 5.56 Å². The van der Waals surface area contributed by atoms with E-state index in [0.717, 1.165) is 29.5 Å². The average molecular weight is 351 g/mol. The lowest BCUT2D eigenvalue weighted by Crippen LogP contribution is -2.14. The van der Waals surface area contributed by atoms with Crippen molar-refractivity contribution >= 4 is 17.6 Å². The second-order valence-corrected chi connectivity index (χ2v) is 6.99. The zero-order valence-corrected chi connectivity index (χ0v) is 16.4. The molecule has 0 fully saturated rings. The van der Waals surface area contributed by atoms with Crippen LogP contribution in [0.2, 0.25) is 0 Å². The van der Waals surface area contributed by atoms with Crippen LogP contribution in [0.4, 0.5) is 0 Å². The molecule has 2 heteroatoms. The number of rotatable bonds is 8. The third kappa shape index (κ3) is 5.59. The van der Waals surface area contributed by atoms with E-state index >= 15 is 0 Å². The minimum absolute atomic E-state index is 0.127. The molecule has 0 aliphatic heterocycles. The zero-order chi connectivity index (χ0) is 18.9. The van der Waals surface area contributed by atoms with Gasteiger partial charge >= 0.3 is 5.97 Å². The molecule has 0 aliphatic rings. The van der Waals surface area contributed by atoms with Crippen molar-refractivity contribution in [2.45, 2.75) is 59.5 Å². The monoisotopic (exact) mass is 350 g/mol. The summed E-state index contributed by atoms with van der Waals surface area (Å²) in [5.41, 5.74) is 5.17. The van der Waals surface area contributed by atoms with Gasteiger partial charge in [-0.25, -0.2) is 4.79 Å². The van der Waals surface area contributed by atoms with Gasteiger partial charge in [-0.1, -0.05) is 68.3 Å². The van der Waals surface area contributed by atoms with Gasteiger partial charge in [-0.3, -0.25) is 0 Å². The average Bonchev–Trinajstić information content (AvgIpc) is 2.61. The molecule has 2 aromatic rings. The third-order valence-electron chi connectivity index (χ3n) is 4.35. The van der Waals surface area contributed by atoms with Gasteiger partial charge in [-0.05, 0) is 61.9 Å². The van der Waals surface area contributed by atoms with Gasteiger partial charge in [0.2, 0.25) is 0 Å². The summed E-state index contributed by atoms with van der Waals surface area (Å²) in [5, 5.41) is 0. The zero-order valence-electron chi connectivity index (χ0n) is 16.4. The van der Waals surface area contributed by atoms with Gasteiger partial charge in [0.15, 0.2) is 0 Å². The molecule has 0 bridgehead atoms. The lowest BCUT2D eigenvalue weighted by Gasteiger charge is -2.17. The van der Waals surface area contributed by atoms with Crippen LogP contribution in [0.5, 0.6) is 0 Å². The number of carbonyl (C=O) groups is 1. The van der Waals surface area contributed by atoms with E-state index < -0.39 is 0 Å². The number of aryl methyl sites for hydroxylation is 1. The molecule has 0 atom stereocenters. The highest BCUT2D eigenvalue weighted by Crippen LogP contribution is 2.30. The van der Waals surface area contributed by atoms with Gasteiger partial charge in [0.05, 0.1) is 11.7 Å². The second kappa shape index (κ2) is 9.96. The molecule has 26 heavy (non-hydrogen) atoms. The first-order chi connectivity index (χ1) is 12.5. The Balaban J connectivity index is 2.50. The van der Waals surface area contributed by atoms with Crippen LogP contribution in [0.1, 0.15) is 73.5 Å². The summed E-state index contributed by atoms with van der Waals surface area (Å²) < 4.78 is 5.49. The van der Waals surface area contributed by atoms with Crippen LogP contribution in [0.15, 0.2) is 48.5 Å². The molecule has 0 aliphatic carbocycles. The molecule has 2 rings (SSSR count). The molecule has 0 heterocycles. The Bertz CT molecular complexity index is 742. The molecule has 0 N–H and O–H groups in total. The van der Waals surface area contributed by atoms with Crippen molar-refractivity contribution in [3.63, 3.8) is 0 Å². The van der Waals surface area contributed by atoms with Crippen LogP contribution < -0.4 is 0 Å². The standard InChI is InChI=1S/C24H30O2/c1-5-6-8-15-21(17-20-13-9-7-10-14-20)23-19(4)12-11-16-22(23)24(25)26-18(2)3/h7,9-14,16-18H,5-6,8,15H2,1-4H3/b21-17-. The van der Waals surface area contributed by atoms with Crippen molar-refractivity contribution in [2.75, 3.05) is 0 Å². The minimum Gasteiger partial charge on any atom is -0.459 e. The van der Waals surface area contributed by atoms with E-state index in [1.807, 2.05) is 44.2 Å². The smallest absolute Gasteiger partial charge is 0.339 e. The van der Waals surface area contributed by atoms with E-state index in [4.69, 9.17) is 4.74 Å². The summed E-state index contributed by atoms with van der Waals surface area (Å²) in [6.45, 7) is 8.05. The maximum atomic E-state index is 12.7. The Morgan fingerprint density at radius 2 is 1.77 bits per heavy atom. The first-order valence-corrected chi connectivity index (χ1v) is 9.59. The van der Waals surface area contributed by atoms with Crippen molar-refractivity contribution in [3.8, 4) is 0 Å². The first kappa shape index (κ1) is 20.0. The summed E-state index contributed by atoms with van der Waals surface area (Å²) in [7, 11) is 0. The number of allylic oxidation sites excluding steroid dienone is 1. The molecule has 2 aromatic carbocycles. The SMILES string of the molecule is CCCCC/C(=C/c1ccccc1)c1c(C)cccc1C(=O)OC(C)C. The van der Waals surface area contributed by atoms with Gasteiger partial charge in [-0.2, -0.15) is 0 Å². The van der Waals surface area contributed by atoms with Crippen LogP contribution in [0.25, 0.3) is 11.6 Å². The molecule has 138 valence electrons. The van der Waals surface area contributed by atoms with Crippen LogP contribution in [-0.4, -0.2) is 12.1 Å². The minimum atomic E-state index is -0.242. The molecule has 0 saturated heterocycles. The number of benzene rings is 2. The van der Waals surface area contributed by atoms with E-state index in [2.05, 4.69) is 38.1 Å². The molecule has 0 aromatic heterocycles.